The van der Waals surface area contributed by atoms with Crippen LogP contribution < -0.4 is 21.3 Å². The van der Waals surface area contributed by atoms with Crippen molar-refractivity contribution in [1.29, 1.82) is 0 Å². The van der Waals surface area contributed by atoms with Gasteiger partial charge in [-0.25, -0.2) is 28.1 Å². The van der Waals surface area contributed by atoms with Crippen molar-refractivity contribution in [2.75, 3.05) is 39.5 Å². The van der Waals surface area contributed by atoms with Gasteiger partial charge in [0.25, 0.3) is 11.5 Å². The second kappa shape index (κ2) is 19.6. The van der Waals surface area contributed by atoms with Crippen LogP contribution >= 0.6 is 23.5 Å². The van der Waals surface area contributed by atoms with Gasteiger partial charge in [-0.3, -0.25) is 23.7 Å². The number of ether oxygens (including phenoxy) is 4. The minimum Gasteiger partial charge on any atom is -0.508 e. The summed E-state index contributed by atoms with van der Waals surface area (Å²) in [5.41, 5.74) is -1.93. The number of aliphatic hydroxyl groups excluding tert-OH is 1. The number of hydrogen-bond donors (Lipinski definition) is 9. The molecule has 2 fully saturated rings. The maximum atomic E-state index is 13.9. The summed E-state index contributed by atoms with van der Waals surface area (Å²) < 4.78 is 71.8. The molecule has 70 heavy (non-hydrogen) atoms. The predicted octanol–water partition coefficient (Wildman–Crippen LogP) is 1.78. The Bertz CT molecular complexity index is 2940. The van der Waals surface area contributed by atoms with Crippen molar-refractivity contribution < 1.29 is 105 Å². The SMILES string of the molecule is O=C(NCCCCCC(=O)[N+]1(OC[C@H]2O[C@@H](n3ccc(=O)[nH]c3=O)[C@H](O)[C@@H]2OP(=O)(O)OP(=O)(O)OP(=O)(O)O)CCOCC1)c1ccc2c(c1)C(=O)OC21c2ccc(O)cc2Oc2cc(O)ccc21. The lowest BCUT2D eigenvalue weighted by Crippen LogP contribution is -2.59. The molecule has 4 aromatic rings. The molecule has 2 unspecified atom stereocenters. The Kier molecular flexibility index (Phi) is 14.3. The molecule has 0 bridgehead atoms. The maximum Gasteiger partial charge on any atom is 0.490 e. The highest BCUT2D eigenvalue weighted by Crippen LogP contribution is 2.67. The number of quaternary nitrogens is 1. The highest BCUT2D eigenvalue weighted by atomic mass is 31.3. The molecule has 1 aromatic heterocycles. The molecule has 4 aliphatic heterocycles. The van der Waals surface area contributed by atoms with Crippen LogP contribution in [0.4, 0.5) is 0 Å². The fraction of sp³-hybridized carbons (Fsp3) is 0.375. The minimum absolute atomic E-state index is 0.0388. The van der Waals surface area contributed by atoms with Crippen molar-refractivity contribution in [3.63, 3.8) is 0 Å². The molecule has 9 N–H and O–H groups in total. The number of carbonyl (C=O) groups excluding carboxylic acids is 3. The van der Waals surface area contributed by atoms with Crippen molar-refractivity contribution in [3.8, 4) is 23.0 Å². The second-order valence-corrected chi connectivity index (χ2v) is 20.6. The number of nitrogens with zero attached hydrogens (tertiary/aromatic N) is 2. The lowest BCUT2D eigenvalue weighted by molar-refractivity contribution is -1.05. The molecule has 0 saturated carbocycles. The van der Waals surface area contributed by atoms with E-state index in [1.165, 1.54) is 36.4 Å². The molecule has 30 heteroatoms. The van der Waals surface area contributed by atoms with E-state index >= 15 is 0 Å². The molecule has 6 atom stereocenters. The Labute approximate surface area is 393 Å². The average Bonchev–Trinajstić information content (AvgIpc) is 3.73. The van der Waals surface area contributed by atoms with Crippen LogP contribution in [0.1, 0.15) is 69.3 Å². The molecule has 2 amide bonds. The Morgan fingerprint density at radius 1 is 0.843 bits per heavy atom. The van der Waals surface area contributed by atoms with Gasteiger partial charge in [-0.05, 0) is 49.2 Å². The van der Waals surface area contributed by atoms with Gasteiger partial charge >= 0.3 is 41.0 Å². The number of H-pyrrole nitrogens is 1. The number of hydrogen-bond acceptors (Lipinski definition) is 19. The summed E-state index contributed by atoms with van der Waals surface area (Å²) in [6.07, 6.45) is -5.65. The van der Waals surface area contributed by atoms with Gasteiger partial charge in [0, 0.05) is 53.2 Å². The van der Waals surface area contributed by atoms with E-state index in [4.69, 9.17) is 38.1 Å². The Balaban J connectivity index is 0.891. The third-order valence-corrected chi connectivity index (χ3v) is 15.5. The normalized spacial score (nSPS) is 22.7. The van der Waals surface area contributed by atoms with E-state index in [9.17, 15) is 62.8 Å². The van der Waals surface area contributed by atoms with Gasteiger partial charge in [-0.1, -0.05) is 12.5 Å². The number of amides is 2. The van der Waals surface area contributed by atoms with E-state index in [-0.39, 0.29) is 73.4 Å². The zero-order valence-electron chi connectivity index (χ0n) is 36.1. The molecule has 4 aliphatic rings. The monoisotopic (exact) mass is 1040 g/mol. The summed E-state index contributed by atoms with van der Waals surface area (Å²) >= 11 is 0. The molecule has 27 nitrogen and oxygen atoms in total. The topological polar surface area (TPSA) is 385 Å². The summed E-state index contributed by atoms with van der Waals surface area (Å²) in [5.74, 6) is -1.49. The lowest BCUT2D eigenvalue weighted by atomic mass is 9.77. The van der Waals surface area contributed by atoms with Gasteiger partial charge in [0.05, 0.1) is 25.2 Å². The fourth-order valence-corrected chi connectivity index (χ4v) is 11.8. The first-order chi connectivity index (χ1) is 33.0. The van der Waals surface area contributed by atoms with Crippen LogP contribution in [0.3, 0.4) is 0 Å². The van der Waals surface area contributed by atoms with Crippen molar-refractivity contribution in [3.05, 3.63) is 116 Å². The number of aliphatic hydroxyl groups is 1. The zero-order chi connectivity index (χ0) is 50.4. The van der Waals surface area contributed by atoms with Crippen LogP contribution in [-0.2, 0) is 56.3 Å². The molecule has 2 saturated heterocycles. The molecular weight excluding hydrogens is 997 g/mol. The number of phenolic OH excluding ortho intramolecular Hbond substituents is 2. The highest BCUT2D eigenvalue weighted by molar-refractivity contribution is 7.66. The number of phosphoric acid groups is 3. The van der Waals surface area contributed by atoms with Crippen LogP contribution in [0.5, 0.6) is 23.0 Å². The zero-order valence-corrected chi connectivity index (χ0v) is 38.8. The third-order valence-electron chi connectivity index (χ3n) is 11.6. The summed E-state index contributed by atoms with van der Waals surface area (Å²) in [5, 5.41) is 34.4. The molecule has 5 heterocycles. The van der Waals surface area contributed by atoms with E-state index in [1.807, 2.05) is 4.98 Å². The van der Waals surface area contributed by atoms with E-state index in [1.54, 1.807) is 18.2 Å². The first-order valence-electron chi connectivity index (χ1n) is 21.1. The largest absolute Gasteiger partial charge is 0.508 e. The van der Waals surface area contributed by atoms with Crippen LogP contribution in [0.2, 0.25) is 0 Å². The smallest absolute Gasteiger partial charge is 0.490 e. The van der Waals surface area contributed by atoms with Crippen LogP contribution in [0.25, 0.3) is 0 Å². The van der Waals surface area contributed by atoms with Gasteiger partial charge in [-0.15, -0.1) is 4.65 Å². The molecule has 8 rings (SSSR count). The standard InChI is InChI=1S/C40H43N4O23P3/c45-23-6-9-27-29(19-23)62-30-20-24(46)7-10-28(30)40(27)26-8-5-22(18-25(26)38(51)64-40)36(50)41-12-3-1-2-4-33(48)44(14-16-60-17-15-44)61-21-31-35(65-69(56,57)67-70(58,59)66-68(53,54)55)34(49)37(63-31)43-13-11-32(47)42-39(43)52/h5-11,13,18-20,31,34-35,37,49H,1-4,12,14-17,21H2,(H7-,41,42,45,46,47,50,52,53,54,55,56,57,58,59)/p+1/t31-,34-,35-,37-/m1/s1. The number of morpholine rings is 1. The van der Waals surface area contributed by atoms with Crippen molar-refractivity contribution in [2.45, 2.75) is 55.8 Å². The molecule has 0 radical (unpaired) electrons. The van der Waals surface area contributed by atoms with Gasteiger partial charge in [-0.2, -0.15) is 13.5 Å². The van der Waals surface area contributed by atoms with Crippen LogP contribution in [0.15, 0.2) is 76.4 Å². The van der Waals surface area contributed by atoms with Gasteiger partial charge in [0.2, 0.25) is 0 Å². The quantitative estimate of drug-likeness (QED) is 0.0315. The van der Waals surface area contributed by atoms with E-state index in [0.29, 0.717) is 40.5 Å². The first-order valence-corrected chi connectivity index (χ1v) is 25.6. The number of fused-ring (bicyclic) bond motifs is 6. The number of aromatic nitrogens is 2. The number of benzene rings is 3. The summed E-state index contributed by atoms with van der Waals surface area (Å²) in [6, 6.07) is 14.1. The number of rotatable bonds is 17. The summed E-state index contributed by atoms with van der Waals surface area (Å²) in [7, 11) is -17.7. The Hall–Kier alpha value is -5.44. The molecule has 3 aromatic carbocycles. The number of aromatic hydroxyl groups is 2. The number of phosphoric ester groups is 1. The number of esters is 1. The van der Waals surface area contributed by atoms with Gasteiger partial charge < -0.3 is 59.2 Å². The van der Waals surface area contributed by atoms with E-state index in [0.717, 1.165) is 12.3 Å². The van der Waals surface area contributed by atoms with Gasteiger partial charge in [0.1, 0.15) is 61.0 Å². The Morgan fingerprint density at radius 3 is 2.14 bits per heavy atom. The van der Waals surface area contributed by atoms with Crippen LogP contribution in [0, 0.1) is 0 Å². The lowest BCUT2D eigenvalue weighted by Gasteiger charge is -2.36. The minimum atomic E-state index is -6.01. The van der Waals surface area contributed by atoms with Crippen molar-refractivity contribution >= 4 is 41.3 Å². The predicted molar refractivity (Wildman–Crippen MR) is 231 cm³/mol. The maximum absolute atomic E-state index is 13.9. The van der Waals surface area contributed by atoms with Crippen LogP contribution in [-0.4, -0.2) is 125 Å². The number of aromatic amines is 1. The number of unbranched alkanes of at least 4 members (excludes halogenated alkanes) is 2. The number of phenols is 2. The molecule has 0 aliphatic carbocycles. The third kappa shape index (κ3) is 10.6. The summed E-state index contributed by atoms with van der Waals surface area (Å²) in [4.78, 5) is 111. The van der Waals surface area contributed by atoms with Gasteiger partial charge in [0.15, 0.2) is 11.8 Å². The Morgan fingerprint density at radius 2 is 1.50 bits per heavy atom. The molecule has 1 spiro atoms. The second-order valence-electron chi connectivity index (χ2n) is 16.2. The van der Waals surface area contributed by atoms with E-state index < -0.39 is 93.9 Å². The summed E-state index contributed by atoms with van der Waals surface area (Å²) in [6.45, 7) is -0.553. The molecular formula is C40H44N4O23P3+. The first kappa shape index (κ1) is 50.9. The highest BCUT2D eigenvalue weighted by Gasteiger charge is 2.55. The average molecular weight is 1040 g/mol. The fourth-order valence-electron chi connectivity index (χ4n) is 8.53. The number of hydroxylamine groups is 3. The van der Waals surface area contributed by atoms with Crippen molar-refractivity contribution in [1.82, 2.24) is 14.9 Å². The number of nitrogens with one attached hydrogen (secondary N) is 2. The molecule has 376 valence electrons. The van der Waals surface area contributed by atoms with E-state index in [2.05, 4.69) is 13.9 Å². The van der Waals surface area contributed by atoms with Crippen molar-refractivity contribution in [2.24, 2.45) is 0 Å². The number of carbonyl (C=O) groups is 3.